The topological polar surface area (TPSA) is 110 Å². The van der Waals surface area contributed by atoms with Gasteiger partial charge in [0.05, 0.1) is 19.6 Å². The average molecular weight is 773 g/mol. The number of sulfone groups is 2. The van der Waals surface area contributed by atoms with E-state index in [9.17, 15) is 30.7 Å². The van der Waals surface area contributed by atoms with Crippen LogP contribution in [-0.4, -0.2) is 16.8 Å². The summed E-state index contributed by atoms with van der Waals surface area (Å²) >= 11 is 0. The van der Waals surface area contributed by atoms with E-state index in [1.165, 1.54) is 36.4 Å². The standard InChI is InChI=1S/C24H18O4S.C12H8F2O2S.C6H6O.Na/c25-29(26,23-15-11-21(12-16-23)27-19-7-3-1-4-8-19)24-17-13-22(14-18-24)28-20-9-5-2-6-10-20;13-9-1-5-11(6-2-9)17(15,16)12-7-3-10(14)4-8-12;7-6-4-2-1-3-5-6;/h1-18H;1-8H;1-5,7H;/q;;;+1/p-1. The van der Waals surface area contributed by atoms with E-state index in [4.69, 9.17) is 9.47 Å². The summed E-state index contributed by atoms with van der Waals surface area (Å²) in [6.45, 7) is 0. The second kappa shape index (κ2) is 19.7. The van der Waals surface area contributed by atoms with Crippen LogP contribution in [0.2, 0.25) is 0 Å². The molecule has 7 rings (SSSR count). The molecule has 0 fully saturated rings. The first-order valence-corrected chi connectivity index (χ1v) is 18.9. The number of benzene rings is 7. The van der Waals surface area contributed by atoms with Crippen molar-refractivity contribution >= 4 is 19.7 Å². The molecule has 0 heterocycles. The number of rotatable bonds is 8. The summed E-state index contributed by atoms with van der Waals surface area (Å²) in [7, 11) is -7.34. The molecule has 0 saturated carbocycles. The van der Waals surface area contributed by atoms with Crippen molar-refractivity contribution in [2.24, 2.45) is 0 Å². The molecule has 0 aliphatic carbocycles. The molecule has 0 bridgehead atoms. The number of para-hydroxylation sites is 3. The van der Waals surface area contributed by atoms with Gasteiger partial charge in [-0.1, -0.05) is 66.7 Å². The molecule has 54 heavy (non-hydrogen) atoms. The Kier molecular flexibility index (Phi) is 15.1. The molecule has 7 nitrogen and oxygen atoms in total. The average Bonchev–Trinajstić information content (AvgIpc) is 3.17. The third-order valence-corrected chi connectivity index (χ3v) is 10.8. The van der Waals surface area contributed by atoms with Gasteiger partial charge in [0.1, 0.15) is 34.6 Å². The molecule has 0 aliphatic rings. The van der Waals surface area contributed by atoms with Crippen molar-refractivity contribution < 1.29 is 69.8 Å². The van der Waals surface area contributed by atoms with E-state index in [1.54, 1.807) is 60.7 Å². The summed E-state index contributed by atoms with van der Waals surface area (Å²) in [6, 6.07) is 48.7. The van der Waals surface area contributed by atoms with Crippen LogP contribution in [0.3, 0.4) is 0 Å². The summed E-state index contributed by atoms with van der Waals surface area (Å²) in [4.78, 5) is 0.361. The van der Waals surface area contributed by atoms with Gasteiger partial charge in [0.15, 0.2) is 0 Å². The Hall–Kier alpha value is -5.30. The number of hydrogen-bond donors (Lipinski definition) is 0. The number of ether oxygens (including phenoxy) is 2. The second-order valence-corrected chi connectivity index (χ2v) is 14.9. The third kappa shape index (κ3) is 11.9. The minimum absolute atomic E-state index is 0. The monoisotopic (exact) mass is 772 g/mol. The van der Waals surface area contributed by atoms with Gasteiger partial charge in [-0.05, 0) is 121 Å². The zero-order valence-corrected chi connectivity index (χ0v) is 32.5. The zero-order valence-electron chi connectivity index (χ0n) is 28.8. The summed E-state index contributed by atoms with van der Waals surface area (Å²) in [5.74, 6) is 1.58. The van der Waals surface area contributed by atoms with Crippen molar-refractivity contribution in [2.45, 2.75) is 19.6 Å². The fourth-order valence-corrected chi connectivity index (χ4v) is 7.06. The normalized spacial score (nSPS) is 10.6. The van der Waals surface area contributed by atoms with E-state index in [-0.39, 0.29) is 54.9 Å². The van der Waals surface area contributed by atoms with Crippen LogP contribution in [0, 0.1) is 11.6 Å². The predicted octanol–water partition coefficient (Wildman–Crippen LogP) is 6.67. The van der Waals surface area contributed by atoms with Crippen LogP contribution >= 0.6 is 0 Å². The summed E-state index contributed by atoms with van der Waals surface area (Å²) in [6.07, 6.45) is 0. The summed E-state index contributed by atoms with van der Waals surface area (Å²) in [5.41, 5.74) is 0. The zero-order chi connectivity index (χ0) is 37.7. The maximum atomic E-state index is 12.9. The number of hydrogen-bond acceptors (Lipinski definition) is 7. The molecule has 0 N–H and O–H groups in total. The van der Waals surface area contributed by atoms with Crippen molar-refractivity contribution in [3.8, 4) is 28.7 Å². The largest absolute Gasteiger partial charge is 1.00 e. The third-order valence-electron chi connectivity index (χ3n) is 7.22. The predicted molar refractivity (Wildman–Crippen MR) is 196 cm³/mol. The van der Waals surface area contributed by atoms with Crippen LogP contribution in [0.15, 0.2) is 208 Å². The summed E-state index contributed by atoms with van der Waals surface area (Å²) in [5, 5.41) is 10.3. The first-order valence-electron chi connectivity index (χ1n) is 15.9. The second-order valence-electron chi connectivity index (χ2n) is 11.0. The molecular formula is C42H31F2NaO7S2. The van der Waals surface area contributed by atoms with Gasteiger partial charge in [-0.3, -0.25) is 0 Å². The minimum Gasteiger partial charge on any atom is -0.872 e. The molecule has 0 aliphatic heterocycles. The molecule has 7 aromatic carbocycles. The molecule has 0 spiro atoms. The van der Waals surface area contributed by atoms with E-state index < -0.39 is 31.3 Å². The van der Waals surface area contributed by atoms with Gasteiger partial charge in [-0.15, -0.1) is 5.75 Å². The van der Waals surface area contributed by atoms with Gasteiger partial charge in [0.2, 0.25) is 19.7 Å². The van der Waals surface area contributed by atoms with Crippen molar-refractivity contribution in [1.82, 2.24) is 0 Å². The molecule has 0 radical (unpaired) electrons. The van der Waals surface area contributed by atoms with E-state index in [0.29, 0.717) is 23.0 Å². The van der Waals surface area contributed by atoms with Crippen LogP contribution in [0.5, 0.6) is 28.7 Å². The van der Waals surface area contributed by atoms with Crippen LogP contribution in [0.25, 0.3) is 0 Å². The van der Waals surface area contributed by atoms with Crippen molar-refractivity contribution in [3.63, 3.8) is 0 Å². The Morgan fingerprint density at radius 1 is 0.352 bits per heavy atom. The molecular weight excluding hydrogens is 742 g/mol. The van der Waals surface area contributed by atoms with Crippen molar-refractivity contribution in [3.05, 3.63) is 200 Å². The SMILES string of the molecule is O=S(=O)(c1ccc(F)cc1)c1ccc(F)cc1.O=S(=O)(c1ccc(Oc2ccccc2)cc1)c1ccc(Oc2ccccc2)cc1.[Na+].[O-]c1ccccc1. The maximum Gasteiger partial charge on any atom is 1.00 e. The Morgan fingerprint density at radius 3 is 0.852 bits per heavy atom. The quantitative estimate of drug-likeness (QED) is 0.126. The van der Waals surface area contributed by atoms with E-state index in [2.05, 4.69) is 0 Å². The summed E-state index contributed by atoms with van der Waals surface area (Å²) < 4.78 is 86.6. The van der Waals surface area contributed by atoms with Crippen LogP contribution in [-0.2, 0) is 19.7 Å². The van der Waals surface area contributed by atoms with Gasteiger partial charge in [-0.2, -0.15) is 0 Å². The fraction of sp³-hybridized carbons (Fsp3) is 0. The first-order chi connectivity index (χ1) is 25.5. The molecule has 0 unspecified atom stereocenters. The van der Waals surface area contributed by atoms with E-state index in [1.807, 2.05) is 66.7 Å². The van der Waals surface area contributed by atoms with Crippen LogP contribution in [0.4, 0.5) is 8.78 Å². The van der Waals surface area contributed by atoms with Gasteiger partial charge in [-0.25, -0.2) is 25.6 Å². The number of halogens is 2. The van der Waals surface area contributed by atoms with Gasteiger partial charge < -0.3 is 14.6 Å². The fourth-order valence-electron chi connectivity index (χ4n) is 4.54. The van der Waals surface area contributed by atoms with Gasteiger partial charge >= 0.3 is 29.6 Å². The van der Waals surface area contributed by atoms with Crippen molar-refractivity contribution in [2.75, 3.05) is 0 Å². The Morgan fingerprint density at radius 2 is 0.593 bits per heavy atom. The molecule has 0 aromatic heterocycles. The van der Waals surface area contributed by atoms with Gasteiger partial charge in [0, 0.05) is 0 Å². The molecule has 268 valence electrons. The van der Waals surface area contributed by atoms with E-state index in [0.717, 1.165) is 24.3 Å². The smallest absolute Gasteiger partial charge is 0.872 e. The Bertz CT molecular complexity index is 2260. The van der Waals surface area contributed by atoms with Crippen molar-refractivity contribution in [1.29, 1.82) is 0 Å². The van der Waals surface area contributed by atoms with Crippen LogP contribution in [0.1, 0.15) is 0 Å². The Labute approximate surface area is 335 Å². The minimum atomic E-state index is -3.71. The first kappa shape index (κ1) is 41.5. The Balaban J connectivity index is 0.000000218. The van der Waals surface area contributed by atoms with Crippen LogP contribution < -0.4 is 44.1 Å². The molecule has 12 heteroatoms. The maximum absolute atomic E-state index is 12.9. The molecule has 0 saturated heterocycles. The van der Waals surface area contributed by atoms with E-state index >= 15 is 0 Å². The molecule has 0 amide bonds. The van der Waals surface area contributed by atoms with Gasteiger partial charge in [0.25, 0.3) is 0 Å². The molecule has 0 atom stereocenters. The molecule has 7 aromatic rings.